The monoisotopic (exact) mass is 405 g/mol. The smallest absolute Gasteiger partial charge is 0.323 e. The molecule has 2 aromatic carbocycles. The first kappa shape index (κ1) is 20.3. The molecule has 1 fully saturated rings. The third-order valence-corrected chi connectivity index (χ3v) is 5.84. The summed E-state index contributed by atoms with van der Waals surface area (Å²) in [6.45, 7) is 3.17. The third-order valence-electron chi connectivity index (χ3n) is 5.84. The highest BCUT2D eigenvalue weighted by molar-refractivity contribution is 5.99. The lowest BCUT2D eigenvalue weighted by molar-refractivity contribution is 0.262. The third kappa shape index (κ3) is 4.94. The normalized spacial score (nSPS) is 18.7. The van der Waals surface area contributed by atoms with Gasteiger partial charge in [-0.15, -0.1) is 0 Å². The molecule has 30 heavy (non-hydrogen) atoms. The molecular formula is C24H31N5O. The van der Waals surface area contributed by atoms with Gasteiger partial charge in [0.2, 0.25) is 0 Å². The number of urea groups is 1. The van der Waals surface area contributed by atoms with Crippen molar-refractivity contribution in [2.75, 3.05) is 54.2 Å². The molecular weight excluding hydrogens is 374 g/mol. The Morgan fingerprint density at radius 2 is 1.43 bits per heavy atom. The van der Waals surface area contributed by atoms with Gasteiger partial charge in [0, 0.05) is 54.6 Å². The van der Waals surface area contributed by atoms with Crippen LogP contribution in [0.4, 0.5) is 27.5 Å². The maximum atomic E-state index is 12.4. The van der Waals surface area contributed by atoms with Crippen molar-refractivity contribution in [2.24, 2.45) is 0 Å². The van der Waals surface area contributed by atoms with Gasteiger partial charge in [0.15, 0.2) is 0 Å². The van der Waals surface area contributed by atoms with E-state index in [2.05, 4.69) is 63.8 Å². The van der Waals surface area contributed by atoms with Gasteiger partial charge in [-0.25, -0.2) is 4.79 Å². The molecule has 2 aliphatic rings. The summed E-state index contributed by atoms with van der Waals surface area (Å²) in [5.41, 5.74) is 3.91. The van der Waals surface area contributed by atoms with Gasteiger partial charge >= 0.3 is 6.03 Å². The Labute approximate surface area is 179 Å². The van der Waals surface area contributed by atoms with Gasteiger partial charge in [-0.2, -0.15) is 0 Å². The highest BCUT2D eigenvalue weighted by Crippen LogP contribution is 2.24. The van der Waals surface area contributed by atoms with Crippen molar-refractivity contribution < 1.29 is 4.79 Å². The summed E-state index contributed by atoms with van der Waals surface area (Å²) < 4.78 is 0. The summed E-state index contributed by atoms with van der Waals surface area (Å²) in [7, 11) is 4.18. The molecule has 2 N–H and O–H groups in total. The van der Waals surface area contributed by atoms with Gasteiger partial charge in [0.1, 0.15) is 0 Å². The van der Waals surface area contributed by atoms with Crippen LogP contribution >= 0.6 is 0 Å². The summed E-state index contributed by atoms with van der Waals surface area (Å²) >= 11 is 0. The molecule has 2 aliphatic heterocycles. The molecule has 0 saturated carbocycles. The number of carbonyl (C=O) groups is 1. The van der Waals surface area contributed by atoms with Crippen LogP contribution in [0.25, 0.3) is 0 Å². The molecule has 0 spiro atoms. The molecule has 0 radical (unpaired) electrons. The van der Waals surface area contributed by atoms with Gasteiger partial charge in [-0.3, -0.25) is 0 Å². The number of hydrogen-bond donors (Lipinski definition) is 2. The number of likely N-dealkylation sites (N-methyl/N-ethyl adjacent to an activating group) is 1. The number of anilines is 4. The van der Waals surface area contributed by atoms with Crippen molar-refractivity contribution in [1.29, 1.82) is 0 Å². The fraction of sp³-hybridized carbons (Fsp3) is 0.375. The Balaban J connectivity index is 1.29. The van der Waals surface area contributed by atoms with E-state index in [9.17, 15) is 4.79 Å². The number of rotatable bonds is 5. The van der Waals surface area contributed by atoms with Gasteiger partial charge in [0.25, 0.3) is 0 Å². The van der Waals surface area contributed by atoms with Crippen LogP contribution < -0.4 is 20.4 Å². The summed E-state index contributed by atoms with van der Waals surface area (Å²) in [6, 6.07) is 16.2. The molecule has 6 nitrogen and oxygen atoms in total. The van der Waals surface area contributed by atoms with E-state index in [4.69, 9.17) is 0 Å². The van der Waals surface area contributed by atoms with Crippen LogP contribution in [-0.2, 0) is 0 Å². The minimum Gasteiger partial charge on any atom is -0.372 e. The molecule has 6 heteroatoms. The minimum absolute atomic E-state index is 0.234. The maximum absolute atomic E-state index is 12.4. The highest BCUT2D eigenvalue weighted by Gasteiger charge is 2.18. The number of benzene rings is 2. The second-order valence-corrected chi connectivity index (χ2v) is 8.25. The summed E-state index contributed by atoms with van der Waals surface area (Å²) in [5, 5.41) is 5.82. The Morgan fingerprint density at radius 3 is 1.97 bits per heavy atom. The summed E-state index contributed by atoms with van der Waals surface area (Å²) in [6.07, 6.45) is 8.16. The van der Waals surface area contributed by atoms with Crippen molar-refractivity contribution >= 4 is 28.8 Å². The Kier molecular flexibility index (Phi) is 6.23. The van der Waals surface area contributed by atoms with E-state index in [0.29, 0.717) is 6.04 Å². The fourth-order valence-corrected chi connectivity index (χ4v) is 3.99. The van der Waals surface area contributed by atoms with Gasteiger partial charge < -0.3 is 25.3 Å². The molecule has 2 amide bonds. The van der Waals surface area contributed by atoms with Crippen LogP contribution in [0.5, 0.6) is 0 Å². The van der Waals surface area contributed by atoms with E-state index >= 15 is 0 Å². The van der Waals surface area contributed by atoms with Crippen molar-refractivity contribution in [1.82, 2.24) is 4.90 Å². The summed E-state index contributed by atoms with van der Waals surface area (Å²) in [5.74, 6) is 0. The zero-order valence-electron chi connectivity index (χ0n) is 17.8. The van der Waals surface area contributed by atoms with Crippen molar-refractivity contribution in [3.05, 3.63) is 60.8 Å². The Morgan fingerprint density at radius 1 is 0.867 bits per heavy atom. The first-order valence-electron chi connectivity index (χ1n) is 10.7. The van der Waals surface area contributed by atoms with Crippen LogP contribution in [0, 0.1) is 0 Å². The quantitative estimate of drug-likeness (QED) is 0.764. The van der Waals surface area contributed by atoms with Crippen molar-refractivity contribution in [3.63, 3.8) is 0 Å². The lowest BCUT2D eigenvalue weighted by Gasteiger charge is -2.28. The van der Waals surface area contributed by atoms with Crippen molar-refractivity contribution in [2.45, 2.75) is 25.3 Å². The minimum atomic E-state index is -0.234. The zero-order valence-corrected chi connectivity index (χ0v) is 17.8. The first-order chi connectivity index (χ1) is 14.6. The van der Waals surface area contributed by atoms with E-state index < -0.39 is 0 Å². The first-order valence-corrected chi connectivity index (χ1v) is 10.7. The SMILES string of the molecule is CN(C)C1C=CN(c2ccc(NC(=O)Nc3ccc(N4CCCCC4)cc3)cc2)C1. The molecule has 1 atom stereocenters. The van der Waals surface area contributed by atoms with Gasteiger partial charge in [0.05, 0.1) is 0 Å². The average molecular weight is 406 g/mol. The van der Waals surface area contributed by atoms with E-state index in [-0.39, 0.29) is 6.03 Å². The second kappa shape index (κ2) is 9.22. The molecule has 2 heterocycles. The van der Waals surface area contributed by atoms with Gasteiger partial charge in [-0.1, -0.05) is 0 Å². The molecule has 0 aliphatic carbocycles. The molecule has 1 saturated heterocycles. The topological polar surface area (TPSA) is 50.9 Å². The van der Waals surface area contributed by atoms with E-state index in [1.54, 1.807) is 0 Å². The number of nitrogens with one attached hydrogen (secondary N) is 2. The lowest BCUT2D eigenvalue weighted by atomic mass is 10.1. The molecule has 4 rings (SSSR count). The Hall–Kier alpha value is -2.99. The number of hydrogen-bond acceptors (Lipinski definition) is 4. The fourth-order valence-electron chi connectivity index (χ4n) is 3.99. The van der Waals surface area contributed by atoms with E-state index in [1.165, 1.54) is 24.9 Å². The van der Waals surface area contributed by atoms with Crippen LogP contribution in [-0.4, -0.2) is 50.7 Å². The predicted molar refractivity (Wildman–Crippen MR) is 126 cm³/mol. The largest absolute Gasteiger partial charge is 0.372 e. The number of nitrogens with zero attached hydrogens (tertiary/aromatic N) is 3. The highest BCUT2D eigenvalue weighted by atomic mass is 16.2. The van der Waals surface area contributed by atoms with Crippen LogP contribution in [0.3, 0.4) is 0 Å². The van der Waals surface area contributed by atoms with Crippen LogP contribution in [0.15, 0.2) is 60.8 Å². The van der Waals surface area contributed by atoms with Crippen LogP contribution in [0.1, 0.15) is 19.3 Å². The predicted octanol–water partition coefficient (Wildman–Crippen LogP) is 4.58. The van der Waals surface area contributed by atoms with Crippen LogP contribution in [0.2, 0.25) is 0 Å². The molecule has 0 aromatic heterocycles. The zero-order chi connectivity index (χ0) is 20.9. The average Bonchev–Trinajstić information content (AvgIpc) is 3.26. The molecule has 1 unspecified atom stereocenters. The van der Waals surface area contributed by atoms with E-state index in [1.807, 2.05) is 36.4 Å². The number of carbonyl (C=O) groups excluding carboxylic acids is 1. The molecule has 158 valence electrons. The van der Waals surface area contributed by atoms with Crippen molar-refractivity contribution in [3.8, 4) is 0 Å². The summed E-state index contributed by atoms with van der Waals surface area (Å²) in [4.78, 5) is 19.2. The maximum Gasteiger partial charge on any atom is 0.323 e. The Bertz CT molecular complexity index is 869. The number of amides is 2. The molecule has 2 aromatic rings. The molecule has 0 bridgehead atoms. The van der Waals surface area contributed by atoms with Gasteiger partial charge in [-0.05, 0) is 88.0 Å². The van der Waals surface area contributed by atoms with E-state index in [0.717, 1.165) is 36.7 Å². The second-order valence-electron chi connectivity index (χ2n) is 8.25. The lowest BCUT2D eigenvalue weighted by Crippen LogP contribution is -2.32. The standard InChI is InChI=1S/C24H31N5O/c1-27(2)23-14-17-29(18-23)22-12-8-20(9-13-22)26-24(30)25-19-6-10-21(11-7-19)28-15-4-3-5-16-28/h6-14,17,23H,3-5,15-16,18H2,1-2H3,(H2,25,26,30). The number of piperidine rings is 1.